The Hall–Kier alpha value is -3.41. The first kappa shape index (κ1) is 16.1. The van der Waals surface area contributed by atoms with Crippen LogP contribution in [0.4, 0.5) is 10.5 Å². The number of imidazole rings is 1. The van der Waals surface area contributed by atoms with Crippen LogP contribution in [0.5, 0.6) is 0 Å². The molecule has 0 aliphatic heterocycles. The van der Waals surface area contributed by atoms with Gasteiger partial charge in [-0.05, 0) is 30.7 Å². The van der Waals surface area contributed by atoms with Gasteiger partial charge >= 0.3 is 6.03 Å². The minimum absolute atomic E-state index is 0.266. The fourth-order valence-corrected chi connectivity index (χ4v) is 3.23. The molecule has 4 aromatic rings. The minimum Gasteiger partial charge on any atom is -0.331 e. The number of rotatable bonds is 3. The number of para-hydroxylation sites is 1. The van der Waals surface area contributed by atoms with Crippen LogP contribution < -0.4 is 10.6 Å². The standard InChI is InChI=1S/C20H19N5O/c1-13-5-3-8-17-19(13)25(2)18(23-17)12-22-20(26)24-16-7-4-6-14-11-21-10-9-15(14)16/h3-11H,12H2,1-2H3,(H2,22,24,26). The molecule has 0 bridgehead atoms. The Morgan fingerprint density at radius 3 is 2.85 bits per heavy atom. The van der Waals surface area contributed by atoms with Crippen LogP contribution >= 0.6 is 0 Å². The predicted octanol–water partition coefficient (Wildman–Crippen LogP) is 3.75. The van der Waals surface area contributed by atoms with E-state index < -0.39 is 0 Å². The Bertz CT molecular complexity index is 1110. The monoisotopic (exact) mass is 345 g/mol. The third-order valence-electron chi connectivity index (χ3n) is 4.52. The quantitative estimate of drug-likeness (QED) is 0.594. The van der Waals surface area contributed by atoms with Gasteiger partial charge in [-0.2, -0.15) is 0 Å². The minimum atomic E-state index is -0.266. The molecule has 0 unspecified atom stereocenters. The Morgan fingerprint density at radius 2 is 2.00 bits per heavy atom. The van der Waals surface area contributed by atoms with Gasteiger partial charge in [-0.25, -0.2) is 9.78 Å². The average molecular weight is 345 g/mol. The van der Waals surface area contributed by atoms with Crippen molar-refractivity contribution in [2.24, 2.45) is 7.05 Å². The molecule has 2 heterocycles. The number of aromatic nitrogens is 3. The number of urea groups is 1. The van der Waals surface area contributed by atoms with E-state index in [0.717, 1.165) is 38.9 Å². The Balaban J connectivity index is 1.51. The summed E-state index contributed by atoms with van der Waals surface area (Å²) >= 11 is 0. The molecule has 0 spiro atoms. The number of aryl methyl sites for hydroxylation is 2. The summed E-state index contributed by atoms with van der Waals surface area (Å²) in [5.74, 6) is 0.812. The molecule has 0 fully saturated rings. The van der Waals surface area contributed by atoms with Crippen molar-refractivity contribution in [3.63, 3.8) is 0 Å². The van der Waals surface area contributed by atoms with Crippen molar-refractivity contribution in [1.82, 2.24) is 19.9 Å². The zero-order valence-electron chi connectivity index (χ0n) is 14.7. The lowest BCUT2D eigenvalue weighted by atomic mass is 10.1. The summed E-state index contributed by atoms with van der Waals surface area (Å²) in [4.78, 5) is 21.1. The lowest BCUT2D eigenvalue weighted by Crippen LogP contribution is -2.29. The number of amides is 2. The zero-order valence-corrected chi connectivity index (χ0v) is 14.7. The second-order valence-corrected chi connectivity index (χ2v) is 6.24. The van der Waals surface area contributed by atoms with Crippen molar-refractivity contribution < 1.29 is 4.79 Å². The van der Waals surface area contributed by atoms with E-state index in [4.69, 9.17) is 0 Å². The van der Waals surface area contributed by atoms with Gasteiger partial charge in [0, 0.05) is 30.2 Å². The average Bonchev–Trinajstić information content (AvgIpc) is 2.97. The lowest BCUT2D eigenvalue weighted by Gasteiger charge is -2.10. The number of fused-ring (bicyclic) bond motifs is 2. The van der Waals surface area contributed by atoms with Crippen LogP contribution in [0.15, 0.2) is 54.9 Å². The summed E-state index contributed by atoms with van der Waals surface area (Å²) in [7, 11) is 1.97. The largest absolute Gasteiger partial charge is 0.331 e. The number of anilines is 1. The van der Waals surface area contributed by atoms with Crippen LogP contribution in [0.2, 0.25) is 0 Å². The van der Waals surface area contributed by atoms with Crippen LogP contribution in [0, 0.1) is 6.92 Å². The summed E-state index contributed by atoms with van der Waals surface area (Å²) in [6, 6.07) is 13.4. The summed E-state index contributed by atoms with van der Waals surface area (Å²) < 4.78 is 2.02. The molecule has 2 aromatic heterocycles. The maximum absolute atomic E-state index is 12.3. The van der Waals surface area contributed by atoms with E-state index in [-0.39, 0.29) is 6.03 Å². The summed E-state index contributed by atoms with van der Waals surface area (Å²) in [6.07, 6.45) is 3.49. The fraction of sp³-hybridized carbons (Fsp3) is 0.150. The van der Waals surface area contributed by atoms with Crippen molar-refractivity contribution in [2.75, 3.05) is 5.32 Å². The van der Waals surface area contributed by atoms with E-state index in [2.05, 4.69) is 33.6 Å². The number of hydrogen-bond acceptors (Lipinski definition) is 3. The maximum Gasteiger partial charge on any atom is 0.319 e. The fourth-order valence-electron chi connectivity index (χ4n) is 3.23. The molecule has 6 nitrogen and oxygen atoms in total. The first-order valence-corrected chi connectivity index (χ1v) is 8.42. The summed E-state index contributed by atoms with van der Waals surface area (Å²) in [5.41, 5.74) is 3.94. The van der Waals surface area contributed by atoms with E-state index in [9.17, 15) is 4.79 Å². The van der Waals surface area contributed by atoms with Crippen molar-refractivity contribution in [2.45, 2.75) is 13.5 Å². The highest BCUT2D eigenvalue weighted by Gasteiger charge is 2.11. The first-order valence-electron chi connectivity index (χ1n) is 8.42. The van der Waals surface area contributed by atoms with Gasteiger partial charge in [0.15, 0.2) is 0 Å². The van der Waals surface area contributed by atoms with E-state index in [1.54, 1.807) is 12.4 Å². The highest BCUT2D eigenvalue weighted by Crippen LogP contribution is 2.22. The number of carbonyl (C=O) groups excluding carboxylic acids is 1. The van der Waals surface area contributed by atoms with E-state index in [1.807, 2.05) is 48.0 Å². The number of hydrogen-bond donors (Lipinski definition) is 2. The molecule has 6 heteroatoms. The van der Waals surface area contributed by atoms with Crippen molar-refractivity contribution in [3.8, 4) is 0 Å². The predicted molar refractivity (Wildman–Crippen MR) is 103 cm³/mol. The van der Waals surface area contributed by atoms with Gasteiger partial charge in [-0.1, -0.05) is 24.3 Å². The summed E-state index contributed by atoms with van der Waals surface area (Å²) in [6.45, 7) is 2.41. The number of nitrogens with zero attached hydrogens (tertiary/aromatic N) is 3. The second-order valence-electron chi connectivity index (χ2n) is 6.24. The Labute approximate surface area is 150 Å². The molecule has 2 amide bonds. The van der Waals surface area contributed by atoms with Crippen LogP contribution in [0.3, 0.4) is 0 Å². The zero-order chi connectivity index (χ0) is 18.1. The third kappa shape index (κ3) is 2.86. The number of nitrogens with one attached hydrogen (secondary N) is 2. The highest BCUT2D eigenvalue weighted by atomic mass is 16.2. The number of carbonyl (C=O) groups is 1. The molecule has 0 aliphatic rings. The van der Waals surface area contributed by atoms with Crippen LogP contribution in [0.1, 0.15) is 11.4 Å². The topological polar surface area (TPSA) is 71.8 Å². The maximum atomic E-state index is 12.3. The van der Waals surface area contributed by atoms with Gasteiger partial charge in [-0.3, -0.25) is 4.98 Å². The first-order chi connectivity index (χ1) is 12.6. The highest BCUT2D eigenvalue weighted by molar-refractivity contribution is 6.01. The van der Waals surface area contributed by atoms with Gasteiger partial charge in [0.05, 0.1) is 23.3 Å². The Morgan fingerprint density at radius 1 is 1.15 bits per heavy atom. The smallest absolute Gasteiger partial charge is 0.319 e. The van der Waals surface area contributed by atoms with Crippen LogP contribution in [0.25, 0.3) is 21.8 Å². The molecule has 4 rings (SSSR count). The van der Waals surface area contributed by atoms with Gasteiger partial charge in [-0.15, -0.1) is 0 Å². The second kappa shape index (κ2) is 6.48. The number of benzene rings is 2. The van der Waals surface area contributed by atoms with Crippen molar-refractivity contribution >= 4 is 33.5 Å². The molecule has 2 N–H and O–H groups in total. The van der Waals surface area contributed by atoms with E-state index >= 15 is 0 Å². The SMILES string of the molecule is Cc1cccc2nc(CNC(=O)Nc3cccc4cnccc34)n(C)c12. The lowest BCUT2D eigenvalue weighted by molar-refractivity contribution is 0.251. The van der Waals surface area contributed by atoms with E-state index in [0.29, 0.717) is 6.54 Å². The molecule has 0 saturated heterocycles. The van der Waals surface area contributed by atoms with Gasteiger partial charge in [0.2, 0.25) is 0 Å². The molecule has 0 saturated carbocycles. The molecule has 130 valence electrons. The van der Waals surface area contributed by atoms with Gasteiger partial charge in [0.25, 0.3) is 0 Å². The third-order valence-corrected chi connectivity index (χ3v) is 4.52. The van der Waals surface area contributed by atoms with Gasteiger partial charge in [0.1, 0.15) is 5.82 Å². The number of pyridine rings is 1. The molecule has 0 radical (unpaired) electrons. The molecule has 0 aliphatic carbocycles. The van der Waals surface area contributed by atoms with Crippen molar-refractivity contribution in [1.29, 1.82) is 0 Å². The molecule has 0 atom stereocenters. The van der Waals surface area contributed by atoms with Crippen LogP contribution in [-0.4, -0.2) is 20.6 Å². The van der Waals surface area contributed by atoms with Crippen molar-refractivity contribution in [3.05, 3.63) is 66.2 Å². The van der Waals surface area contributed by atoms with Crippen LogP contribution in [-0.2, 0) is 13.6 Å². The van der Waals surface area contributed by atoms with Gasteiger partial charge < -0.3 is 15.2 Å². The molecule has 2 aromatic carbocycles. The summed E-state index contributed by atoms with van der Waals surface area (Å²) in [5, 5.41) is 7.73. The molecular weight excluding hydrogens is 326 g/mol. The normalized spacial score (nSPS) is 11.0. The molecule has 26 heavy (non-hydrogen) atoms. The van der Waals surface area contributed by atoms with E-state index in [1.165, 1.54) is 0 Å². The molecular formula is C20H19N5O. The Kier molecular flexibility index (Phi) is 4.01.